The number of nitrogens with one attached hydrogen (secondary N) is 1. The van der Waals surface area contributed by atoms with E-state index in [1.165, 1.54) is 4.88 Å². The Labute approximate surface area is 124 Å². The van der Waals surface area contributed by atoms with E-state index in [0.717, 1.165) is 23.0 Å². The first kappa shape index (κ1) is 15.0. The summed E-state index contributed by atoms with van der Waals surface area (Å²) in [5.74, 6) is 0.815. The summed E-state index contributed by atoms with van der Waals surface area (Å²) in [5, 5.41) is 9.04. The minimum absolute atomic E-state index is 0.0612. The van der Waals surface area contributed by atoms with E-state index in [-0.39, 0.29) is 12.1 Å². The van der Waals surface area contributed by atoms with Crippen LogP contribution in [0.25, 0.3) is 0 Å². The molecule has 0 bridgehead atoms. The van der Waals surface area contributed by atoms with Gasteiger partial charge in [-0.25, -0.2) is 4.98 Å². The molecule has 2 aromatic heterocycles. The molecular weight excluding hydrogens is 272 g/mol. The summed E-state index contributed by atoms with van der Waals surface area (Å²) in [7, 11) is 1.69. The summed E-state index contributed by atoms with van der Waals surface area (Å²) in [5.41, 5.74) is 1.06. The Balaban J connectivity index is 2.50. The zero-order valence-corrected chi connectivity index (χ0v) is 13.5. The van der Waals surface area contributed by atoms with Gasteiger partial charge in [-0.1, -0.05) is 6.92 Å². The fourth-order valence-electron chi connectivity index (χ4n) is 2.25. The first-order valence-electron chi connectivity index (χ1n) is 6.85. The summed E-state index contributed by atoms with van der Waals surface area (Å²) in [6.07, 6.45) is 3.72. The predicted octanol–water partition coefficient (Wildman–Crippen LogP) is 2.94. The largest absolute Gasteiger partial charge is 0.493 e. The Bertz CT molecular complexity index is 561. The van der Waals surface area contributed by atoms with Crippen LogP contribution in [-0.4, -0.2) is 28.4 Å². The van der Waals surface area contributed by atoms with E-state index >= 15 is 0 Å². The molecule has 0 aliphatic carbocycles. The number of hydrogen-bond acceptors (Lipinski definition) is 5. The SMILES string of the molecule is CCNC(c1cnc(C)s1)c1c(OC)cnn1C(C)C. The quantitative estimate of drug-likeness (QED) is 0.890. The summed E-state index contributed by atoms with van der Waals surface area (Å²) < 4.78 is 7.51. The highest BCUT2D eigenvalue weighted by Gasteiger charge is 2.25. The summed E-state index contributed by atoms with van der Waals surface area (Å²) in [6, 6.07) is 0.343. The fraction of sp³-hybridized carbons (Fsp3) is 0.571. The monoisotopic (exact) mass is 294 g/mol. The zero-order chi connectivity index (χ0) is 14.7. The summed E-state index contributed by atoms with van der Waals surface area (Å²) in [6.45, 7) is 9.24. The molecule has 1 N–H and O–H groups in total. The van der Waals surface area contributed by atoms with E-state index in [1.807, 2.05) is 17.8 Å². The van der Waals surface area contributed by atoms with Crippen LogP contribution in [0, 0.1) is 6.92 Å². The second-order valence-electron chi connectivity index (χ2n) is 4.91. The Morgan fingerprint density at radius 3 is 2.65 bits per heavy atom. The smallest absolute Gasteiger partial charge is 0.161 e. The lowest BCUT2D eigenvalue weighted by Crippen LogP contribution is -2.25. The third kappa shape index (κ3) is 2.86. The van der Waals surface area contributed by atoms with E-state index in [2.05, 4.69) is 36.2 Å². The standard InChI is InChI=1S/C14H22N4OS/c1-6-15-13(12-8-16-10(4)20-12)14-11(19-5)7-17-18(14)9(2)3/h7-9,13,15H,6H2,1-5H3. The summed E-state index contributed by atoms with van der Waals surface area (Å²) >= 11 is 1.70. The molecule has 2 rings (SSSR count). The molecule has 0 radical (unpaired) electrons. The lowest BCUT2D eigenvalue weighted by atomic mass is 10.1. The van der Waals surface area contributed by atoms with Gasteiger partial charge in [-0.05, 0) is 27.3 Å². The molecule has 0 aromatic carbocycles. The second kappa shape index (κ2) is 6.37. The number of nitrogens with zero attached hydrogens (tertiary/aromatic N) is 3. The van der Waals surface area contributed by atoms with Crippen molar-refractivity contribution >= 4 is 11.3 Å². The van der Waals surface area contributed by atoms with Crippen LogP contribution in [0.5, 0.6) is 5.75 Å². The van der Waals surface area contributed by atoms with Crippen LogP contribution in [0.4, 0.5) is 0 Å². The van der Waals surface area contributed by atoms with Crippen molar-refractivity contribution in [3.63, 3.8) is 0 Å². The Morgan fingerprint density at radius 2 is 2.15 bits per heavy atom. The van der Waals surface area contributed by atoms with Gasteiger partial charge in [-0.3, -0.25) is 4.68 Å². The molecule has 1 atom stereocenters. The highest BCUT2D eigenvalue weighted by Crippen LogP contribution is 2.34. The molecule has 110 valence electrons. The van der Waals surface area contributed by atoms with E-state index in [9.17, 15) is 0 Å². The molecule has 20 heavy (non-hydrogen) atoms. The Kier molecular flexibility index (Phi) is 4.77. The number of thiazole rings is 1. The van der Waals surface area contributed by atoms with Crippen LogP contribution in [0.2, 0.25) is 0 Å². The highest BCUT2D eigenvalue weighted by molar-refractivity contribution is 7.11. The van der Waals surface area contributed by atoms with E-state index in [0.29, 0.717) is 0 Å². The lowest BCUT2D eigenvalue weighted by Gasteiger charge is -2.21. The number of ether oxygens (including phenoxy) is 1. The van der Waals surface area contributed by atoms with Gasteiger partial charge in [-0.2, -0.15) is 5.10 Å². The molecule has 6 heteroatoms. The van der Waals surface area contributed by atoms with Crippen LogP contribution in [0.3, 0.4) is 0 Å². The van der Waals surface area contributed by atoms with Gasteiger partial charge in [0, 0.05) is 17.1 Å². The van der Waals surface area contributed by atoms with Crippen molar-refractivity contribution in [1.29, 1.82) is 0 Å². The highest BCUT2D eigenvalue weighted by atomic mass is 32.1. The third-order valence-corrected chi connectivity index (χ3v) is 4.09. The molecule has 0 saturated heterocycles. The molecule has 2 aromatic rings. The molecule has 0 fully saturated rings. The summed E-state index contributed by atoms with van der Waals surface area (Å²) in [4.78, 5) is 5.55. The topological polar surface area (TPSA) is 52.0 Å². The van der Waals surface area contributed by atoms with Crippen molar-refractivity contribution in [3.05, 3.63) is 28.0 Å². The van der Waals surface area contributed by atoms with Crippen molar-refractivity contribution in [2.75, 3.05) is 13.7 Å². The molecule has 0 spiro atoms. The van der Waals surface area contributed by atoms with Gasteiger partial charge in [0.2, 0.25) is 0 Å². The minimum Gasteiger partial charge on any atom is -0.493 e. The molecule has 0 saturated carbocycles. The van der Waals surface area contributed by atoms with E-state index in [4.69, 9.17) is 4.74 Å². The van der Waals surface area contributed by atoms with Crippen molar-refractivity contribution in [2.24, 2.45) is 0 Å². The van der Waals surface area contributed by atoms with Gasteiger partial charge >= 0.3 is 0 Å². The minimum atomic E-state index is 0.0612. The maximum atomic E-state index is 5.49. The average Bonchev–Trinajstić information content (AvgIpc) is 3.01. The molecular formula is C14H22N4OS. The number of hydrogen-bond donors (Lipinski definition) is 1. The van der Waals surface area contributed by atoms with Gasteiger partial charge in [-0.15, -0.1) is 11.3 Å². The number of aryl methyl sites for hydroxylation is 1. The van der Waals surface area contributed by atoms with Crippen LogP contribution >= 0.6 is 11.3 Å². The molecule has 0 aliphatic rings. The normalized spacial score (nSPS) is 12.9. The van der Waals surface area contributed by atoms with Crippen molar-refractivity contribution in [1.82, 2.24) is 20.1 Å². The van der Waals surface area contributed by atoms with Crippen LogP contribution in [0.15, 0.2) is 12.4 Å². The van der Waals surface area contributed by atoms with Crippen LogP contribution in [-0.2, 0) is 0 Å². The fourth-order valence-corrected chi connectivity index (χ4v) is 3.11. The van der Waals surface area contributed by atoms with Crippen molar-refractivity contribution in [2.45, 2.75) is 39.8 Å². The second-order valence-corrected chi connectivity index (χ2v) is 6.18. The molecule has 5 nitrogen and oxygen atoms in total. The molecule has 0 amide bonds. The third-order valence-electron chi connectivity index (χ3n) is 3.11. The maximum Gasteiger partial charge on any atom is 0.161 e. The van der Waals surface area contributed by atoms with Crippen LogP contribution in [0.1, 0.15) is 48.4 Å². The Hall–Kier alpha value is -1.40. The van der Waals surface area contributed by atoms with Gasteiger partial charge in [0.25, 0.3) is 0 Å². The first-order chi connectivity index (χ1) is 9.58. The molecule has 2 heterocycles. The van der Waals surface area contributed by atoms with E-state index in [1.54, 1.807) is 24.6 Å². The predicted molar refractivity (Wildman–Crippen MR) is 81.5 cm³/mol. The van der Waals surface area contributed by atoms with Gasteiger partial charge in [0.15, 0.2) is 5.75 Å². The van der Waals surface area contributed by atoms with E-state index < -0.39 is 0 Å². The number of aromatic nitrogens is 3. The van der Waals surface area contributed by atoms with Gasteiger partial charge < -0.3 is 10.1 Å². The average molecular weight is 294 g/mol. The Morgan fingerprint density at radius 1 is 1.40 bits per heavy atom. The van der Waals surface area contributed by atoms with Gasteiger partial charge in [0.1, 0.15) is 5.69 Å². The van der Waals surface area contributed by atoms with Crippen molar-refractivity contribution in [3.8, 4) is 5.75 Å². The van der Waals surface area contributed by atoms with Gasteiger partial charge in [0.05, 0.1) is 24.4 Å². The van der Waals surface area contributed by atoms with Crippen LogP contribution < -0.4 is 10.1 Å². The lowest BCUT2D eigenvalue weighted by molar-refractivity contribution is 0.395. The number of methoxy groups -OCH3 is 1. The van der Waals surface area contributed by atoms with Crippen molar-refractivity contribution < 1.29 is 4.74 Å². The maximum absolute atomic E-state index is 5.49. The molecule has 0 aliphatic heterocycles. The zero-order valence-electron chi connectivity index (χ0n) is 12.7. The molecule has 1 unspecified atom stereocenters. The first-order valence-corrected chi connectivity index (χ1v) is 7.67. The number of rotatable bonds is 6.